The first-order valence-electron chi connectivity index (χ1n) is 11.3. The average Bonchev–Trinajstić information content (AvgIpc) is 2.81. The molecule has 2 N–H and O–H groups in total. The van der Waals surface area contributed by atoms with E-state index in [2.05, 4.69) is 45.9 Å². The molecular weight excluding hydrogens is 374 g/mol. The first-order valence-corrected chi connectivity index (χ1v) is 11.3. The van der Waals surface area contributed by atoms with Crippen LogP contribution in [0.2, 0.25) is 0 Å². The van der Waals surface area contributed by atoms with Crippen LogP contribution < -0.4 is 15.4 Å². The van der Waals surface area contributed by atoms with E-state index in [0.29, 0.717) is 12.6 Å². The first kappa shape index (κ1) is 20.9. The van der Waals surface area contributed by atoms with Crippen LogP contribution in [-0.4, -0.2) is 43.6 Å². The van der Waals surface area contributed by atoms with Crippen molar-refractivity contribution in [2.75, 3.05) is 32.8 Å². The molecule has 2 aliphatic rings. The van der Waals surface area contributed by atoms with E-state index in [4.69, 9.17) is 4.74 Å². The van der Waals surface area contributed by atoms with Crippen molar-refractivity contribution in [2.24, 2.45) is 0 Å². The quantitative estimate of drug-likeness (QED) is 0.658. The Morgan fingerprint density at radius 1 is 1.10 bits per heavy atom. The summed E-state index contributed by atoms with van der Waals surface area (Å²) in [7, 11) is 0. The smallest absolute Gasteiger partial charge is 0.257 e. The molecule has 0 aliphatic carbocycles. The zero-order valence-electron chi connectivity index (χ0n) is 17.7. The van der Waals surface area contributed by atoms with Crippen molar-refractivity contribution in [1.82, 2.24) is 15.5 Å². The molecule has 1 amide bonds. The summed E-state index contributed by atoms with van der Waals surface area (Å²) in [6.07, 6.45) is 5.65. The van der Waals surface area contributed by atoms with Crippen LogP contribution in [0.4, 0.5) is 0 Å². The molecule has 4 rings (SSSR count). The standard InChI is InChI=1S/C25H33N3O2/c29-25(19-30-24-12-4-3-10-22(24)23-11-5-6-14-26-23)27-15-7-16-28-17-13-20-8-1-2-9-21(20)18-28/h1-4,8-10,12,23,26H,5-7,11,13-19H2,(H,27,29). The summed E-state index contributed by atoms with van der Waals surface area (Å²) in [5.41, 5.74) is 4.07. The highest BCUT2D eigenvalue weighted by atomic mass is 16.5. The predicted molar refractivity (Wildman–Crippen MR) is 120 cm³/mol. The van der Waals surface area contributed by atoms with Gasteiger partial charge in [0.05, 0.1) is 0 Å². The number of ether oxygens (including phenoxy) is 1. The van der Waals surface area contributed by atoms with Crippen molar-refractivity contribution in [2.45, 2.75) is 44.7 Å². The van der Waals surface area contributed by atoms with Crippen LogP contribution >= 0.6 is 0 Å². The monoisotopic (exact) mass is 407 g/mol. The van der Waals surface area contributed by atoms with Gasteiger partial charge in [-0.2, -0.15) is 0 Å². The fourth-order valence-electron chi connectivity index (χ4n) is 4.49. The van der Waals surface area contributed by atoms with Crippen molar-refractivity contribution in [3.63, 3.8) is 0 Å². The number of benzene rings is 2. The van der Waals surface area contributed by atoms with Gasteiger partial charge in [0, 0.05) is 37.8 Å². The van der Waals surface area contributed by atoms with Crippen molar-refractivity contribution >= 4 is 5.91 Å². The molecule has 5 nitrogen and oxygen atoms in total. The highest BCUT2D eigenvalue weighted by Crippen LogP contribution is 2.30. The largest absolute Gasteiger partial charge is 0.483 e. The molecule has 30 heavy (non-hydrogen) atoms. The number of hydrogen-bond acceptors (Lipinski definition) is 4. The van der Waals surface area contributed by atoms with Crippen molar-refractivity contribution in [3.05, 3.63) is 65.2 Å². The van der Waals surface area contributed by atoms with E-state index in [1.165, 1.54) is 24.0 Å². The van der Waals surface area contributed by atoms with E-state index in [1.54, 1.807) is 0 Å². The van der Waals surface area contributed by atoms with E-state index < -0.39 is 0 Å². The maximum Gasteiger partial charge on any atom is 0.257 e. The van der Waals surface area contributed by atoms with Gasteiger partial charge in [-0.1, -0.05) is 48.9 Å². The minimum absolute atomic E-state index is 0.0506. The minimum atomic E-state index is -0.0506. The minimum Gasteiger partial charge on any atom is -0.483 e. The number of carbonyl (C=O) groups is 1. The number of hydrogen-bond donors (Lipinski definition) is 2. The molecule has 2 aromatic rings. The predicted octanol–water partition coefficient (Wildman–Crippen LogP) is 3.44. The summed E-state index contributed by atoms with van der Waals surface area (Å²) >= 11 is 0. The van der Waals surface area contributed by atoms with Crippen LogP contribution in [0.5, 0.6) is 5.75 Å². The summed E-state index contributed by atoms with van der Waals surface area (Å²) in [6, 6.07) is 17.1. The zero-order chi connectivity index (χ0) is 20.6. The molecule has 160 valence electrons. The normalized spacial score (nSPS) is 19.1. The van der Waals surface area contributed by atoms with Gasteiger partial charge in [-0.25, -0.2) is 0 Å². The van der Waals surface area contributed by atoms with Crippen LogP contribution in [0.25, 0.3) is 0 Å². The molecule has 1 unspecified atom stereocenters. The average molecular weight is 408 g/mol. The lowest BCUT2D eigenvalue weighted by Crippen LogP contribution is -2.35. The number of piperidine rings is 1. The molecular formula is C25H33N3O2. The summed E-state index contributed by atoms with van der Waals surface area (Å²) in [5.74, 6) is 0.768. The summed E-state index contributed by atoms with van der Waals surface area (Å²) in [4.78, 5) is 14.7. The third-order valence-corrected chi connectivity index (χ3v) is 6.15. The van der Waals surface area contributed by atoms with Gasteiger partial charge in [0.15, 0.2) is 6.61 Å². The van der Waals surface area contributed by atoms with E-state index in [-0.39, 0.29) is 12.5 Å². The maximum atomic E-state index is 12.3. The highest BCUT2D eigenvalue weighted by molar-refractivity contribution is 5.77. The molecule has 1 atom stereocenters. The Hall–Kier alpha value is -2.37. The zero-order valence-corrected chi connectivity index (χ0v) is 17.7. The topological polar surface area (TPSA) is 53.6 Å². The Labute approximate surface area is 179 Å². The Bertz CT molecular complexity index is 833. The second-order valence-electron chi connectivity index (χ2n) is 8.33. The molecule has 5 heteroatoms. The molecule has 0 spiro atoms. The third-order valence-electron chi connectivity index (χ3n) is 6.15. The Morgan fingerprint density at radius 3 is 2.80 bits per heavy atom. The van der Waals surface area contributed by atoms with E-state index >= 15 is 0 Å². The molecule has 2 aromatic carbocycles. The lowest BCUT2D eigenvalue weighted by atomic mass is 9.97. The Kier molecular flexibility index (Phi) is 7.38. The number of para-hydroxylation sites is 1. The molecule has 0 bridgehead atoms. The van der Waals surface area contributed by atoms with Crippen LogP contribution in [-0.2, 0) is 17.8 Å². The highest BCUT2D eigenvalue weighted by Gasteiger charge is 2.19. The van der Waals surface area contributed by atoms with Gasteiger partial charge in [0.2, 0.25) is 0 Å². The van der Waals surface area contributed by atoms with Crippen LogP contribution in [0.15, 0.2) is 48.5 Å². The van der Waals surface area contributed by atoms with Gasteiger partial charge >= 0.3 is 0 Å². The number of carbonyl (C=O) groups excluding carboxylic acids is 1. The maximum absolute atomic E-state index is 12.3. The number of nitrogens with one attached hydrogen (secondary N) is 2. The van der Waals surface area contributed by atoms with Gasteiger partial charge < -0.3 is 15.4 Å². The molecule has 2 aliphatic heterocycles. The fraction of sp³-hybridized carbons (Fsp3) is 0.480. The summed E-state index contributed by atoms with van der Waals surface area (Å²) in [6.45, 7) is 4.92. The molecule has 2 heterocycles. The molecule has 0 radical (unpaired) electrons. The lowest BCUT2D eigenvalue weighted by molar-refractivity contribution is -0.123. The Morgan fingerprint density at radius 2 is 1.93 bits per heavy atom. The molecule has 0 saturated carbocycles. The van der Waals surface area contributed by atoms with Gasteiger partial charge in [-0.3, -0.25) is 9.69 Å². The first-order chi connectivity index (χ1) is 14.8. The SMILES string of the molecule is O=C(COc1ccccc1C1CCCCN1)NCCCN1CCc2ccccc2C1. The van der Waals surface area contributed by atoms with E-state index in [0.717, 1.165) is 56.8 Å². The van der Waals surface area contributed by atoms with Gasteiger partial charge in [-0.15, -0.1) is 0 Å². The number of fused-ring (bicyclic) bond motifs is 1. The summed E-state index contributed by atoms with van der Waals surface area (Å²) < 4.78 is 5.88. The van der Waals surface area contributed by atoms with Crippen molar-refractivity contribution < 1.29 is 9.53 Å². The Balaban J connectivity index is 1.17. The number of amides is 1. The van der Waals surface area contributed by atoms with E-state index in [1.807, 2.05) is 18.2 Å². The number of nitrogens with zero attached hydrogens (tertiary/aromatic N) is 1. The lowest BCUT2D eigenvalue weighted by Gasteiger charge is -2.28. The van der Waals surface area contributed by atoms with Crippen LogP contribution in [0.3, 0.4) is 0 Å². The van der Waals surface area contributed by atoms with Crippen molar-refractivity contribution in [3.8, 4) is 5.75 Å². The number of rotatable bonds is 8. The molecule has 1 saturated heterocycles. The second kappa shape index (κ2) is 10.6. The van der Waals surface area contributed by atoms with Crippen LogP contribution in [0, 0.1) is 0 Å². The third kappa shape index (κ3) is 5.61. The van der Waals surface area contributed by atoms with Gasteiger partial charge in [-0.05, 0) is 49.4 Å². The summed E-state index contributed by atoms with van der Waals surface area (Å²) in [5, 5.41) is 6.56. The molecule has 1 fully saturated rings. The van der Waals surface area contributed by atoms with E-state index in [9.17, 15) is 4.79 Å². The van der Waals surface area contributed by atoms with Crippen molar-refractivity contribution in [1.29, 1.82) is 0 Å². The second-order valence-corrected chi connectivity index (χ2v) is 8.33. The van der Waals surface area contributed by atoms with Crippen LogP contribution in [0.1, 0.15) is 48.4 Å². The molecule has 0 aromatic heterocycles. The fourth-order valence-corrected chi connectivity index (χ4v) is 4.49. The van der Waals surface area contributed by atoms with Gasteiger partial charge in [0.1, 0.15) is 5.75 Å². The van der Waals surface area contributed by atoms with Gasteiger partial charge in [0.25, 0.3) is 5.91 Å².